The molecule has 0 bridgehead atoms. The van der Waals surface area contributed by atoms with Crippen molar-refractivity contribution >= 4 is 17.8 Å². The van der Waals surface area contributed by atoms with Gasteiger partial charge >= 0.3 is 0 Å². The maximum Gasteiger partial charge on any atom is 0.291 e. The van der Waals surface area contributed by atoms with E-state index in [1.54, 1.807) is 13.2 Å². The zero-order chi connectivity index (χ0) is 15.4. The Morgan fingerprint density at radius 3 is 2.90 bits per heavy atom. The highest BCUT2D eigenvalue weighted by molar-refractivity contribution is 5.93. The van der Waals surface area contributed by atoms with Crippen LogP contribution in [0.4, 0.5) is 5.69 Å². The van der Waals surface area contributed by atoms with Gasteiger partial charge in [-0.25, -0.2) is 5.43 Å². The number of nitrogens with zero attached hydrogens (tertiary/aromatic N) is 4. The number of nitrogens with one attached hydrogen (secondary N) is 1. The predicted octanol–water partition coefficient (Wildman–Crippen LogP) is 0.798. The molecule has 2 N–H and O–H groups in total. The summed E-state index contributed by atoms with van der Waals surface area (Å²) in [6, 6.07) is 5.00. The number of benzene rings is 1. The summed E-state index contributed by atoms with van der Waals surface area (Å²) in [7, 11) is 1.67. The third kappa shape index (κ3) is 3.41. The molecule has 2 aromatic rings. The fourth-order valence-corrected chi connectivity index (χ4v) is 1.51. The molecule has 9 nitrogen and oxygen atoms in total. The second-order valence-electron chi connectivity index (χ2n) is 4.07. The summed E-state index contributed by atoms with van der Waals surface area (Å²) in [5.74, 6) is -0.715. The van der Waals surface area contributed by atoms with Crippen molar-refractivity contribution in [2.45, 2.75) is 0 Å². The smallest absolute Gasteiger partial charge is 0.291 e. The molecule has 108 valence electrons. The summed E-state index contributed by atoms with van der Waals surface area (Å²) < 4.78 is 1.46. The summed E-state index contributed by atoms with van der Waals surface area (Å²) in [5.41, 5.74) is 2.32. The Morgan fingerprint density at radius 2 is 2.29 bits per heavy atom. The first-order valence-electron chi connectivity index (χ1n) is 5.78. The molecule has 0 aliphatic carbocycles. The molecule has 0 radical (unpaired) electrons. The lowest BCUT2D eigenvalue weighted by Crippen LogP contribution is -2.18. The van der Waals surface area contributed by atoms with E-state index < -0.39 is 10.8 Å². The van der Waals surface area contributed by atoms with Crippen LogP contribution in [0.2, 0.25) is 0 Å². The number of nitro groups is 1. The molecule has 2 rings (SSSR count). The molecule has 21 heavy (non-hydrogen) atoms. The molecule has 0 unspecified atom stereocenters. The van der Waals surface area contributed by atoms with Gasteiger partial charge in [-0.2, -0.15) is 10.2 Å². The first-order chi connectivity index (χ1) is 9.97. The maximum absolute atomic E-state index is 11.6. The van der Waals surface area contributed by atoms with E-state index >= 15 is 0 Å². The Labute approximate surface area is 118 Å². The quantitative estimate of drug-likeness (QED) is 0.489. The second kappa shape index (κ2) is 5.82. The Kier molecular flexibility index (Phi) is 3.93. The standard InChI is InChI=1S/C12H11N5O4/c1-16-5-4-10(15-16)12(19)14-13-7-8-6-9(17(20)21)2-3-11(8)18/h2-7,18H,1H3,(H,14,19)/b13-7+. The van der Waals surface area contributed by atoms with Gasteiger partial charge < -0.3 is 5.11 Å². The van der Waals surface area contributed by atoms with E-state index in [4.69, 9.17) is 0 Å². The molecule has 0 fully saturated rings. The van der Waals surface area contributed by atoms with Gasteiger partial charge in [0.25, 0.3) is 11.6 Å². The van der Waals surface area contributed by atoms with E-state index in [0.717, 1.165) is 12.3 Å². The lowest BCUT2D eigenvalue weighted by molar-refractivity contribution is -0.384. The van der Waals surface area contributed by atoms with Gasteiger partial charge in [-0.05, 0) is 12.1 Å². The lowest BCUT2D eigenvalue weighted by Gasteiger charge is -1.99. The molecule has 0 spiro atoms. The minimum absolute atomic E-state index is 0.116. The van der Waals surface area contributed by atoms with Crippen molar-refractivity contribution in [1.82, 2.24) is 15.2 Å². The first kappa shape index (κ1) is 14.2. The molecule has 1 heterocycles. The minimum Gasteiger partial charge on any atom is -0.507 e. The number of carbonyl (C=O) groups is 1. The Hall–Kier alpha value is -3.23. The van der Waals surface area contributed by atoms with Crippen molar-refractivity contribution in [3.05, 3.63) is 51.8 Å². The number of hydrazone groups is 1. The Bertz CT molecular complexity index is 722. The molecule has 0 atom stereocenters. The number of aromatic nitrogens is 2. The van der Waals surface area contributed by atoms with Crippen molar-refractivity contribution in [2.75, 3.05) is 0 Å². The lowest BCUT2D eigenvalue weighted by atomic mass is 10.2. The van der Waals surface area contributed by atoms with E-state index in [-0.39, 0.29) is 22.7 Å². The molecule has 0 saturated heterocycles. The SMILES string of the molecule is Cn1ccc(C(=O)N/N=C/c2cc([N+](=O)[O-])ccc2O)n1. The van der Waals surface area contributed by atoms with Crippen LogP contribution in [0.5, 0.6) is 5.75 Å². The number of hydrogen-bond donors (Lipinski definition) is 2. The second-order valence-corrected chi connectivity index (χ2v) is 4.07. The van der Waals surface area contributed by atoms with Crippen LogP contribution >= 0.6 is 0 Å². The summed E-state index contributed by atoms with van der Waals surface area (Å²) in [5, 5.41) is 27.7. The van der Waals surface area contributed by atoms with Gasteiger partial charge in [0.15, 0.2) is 5.69 Å². The number of non-ortho nitro benzene ring substituents is 1. The topological polar surface area (TPSA) is 123 Å². The number of aromatic hydroxyl groups is 1. The molecule has 1 amide bonds. The third-order valence-electron chi connectivity index (χ3n) is 2.54. The number of phenolic OH excluding ortho intramolecular Hbond substituents is 1. The monoisotopic (exact) mass is 289 g/mol. The summed E-state index contributed by atoms with van der Waals surface area (Å²) in [6.45, 7) is 0. The molecule has 0 aliphatic heterocycles. The van der Waals surface area contributed by atoms with E-state index in [9.17, 15) is 20.0 Å². The zero-order valence-corrected chi connectivity index (χ0v) is 10.9. The molecule has 0 saturated carbocycles. The van der Waals surface area contributed by atoms with Crippen LogP contribution < -0.4 is 5.43 Å². The van der Waals surface area contributed by atoms with Crippen LogP contribution in [0.1, 0.15) is 16.1 Å². The van der Waals surface area contributed by atoms with E-state index in [0.29, 0.717) is 0 Å². The fraction of sp³-hybridized carbons (Fsp3) is 0.0833. The molecule has 1 aromatic carbocycles. The first-order valence-corrected chi connectivity index (χ1v) is 5.78. The molecule has 0 aliphatic rings. The third-order valence-corrected chi connectivity index (χ3v) is 2.54. The van der Waals surface area contributed by atoms with E-state index in [1.165, 1.54) is 22.9 Å². The fourth-order valence-electron chi connectivity index (χ4n) is 1.51. The normalized spacial score (nSPS) is 10.7. The van der Waals surface area contributed by atoms with Crippen LogP contribution in [0.25, 0.3) is 0 Å². The number of aryl methyl sites for hydroxylation is 1. The van der Waals surface area contributed by atoms with Gasteiger partial charge in [0.2, 0.25) is 0 Å². The molecular weight excluding hydrogens is 278 g/mol. The number of nitro benzene ring substituents is 1. The average Bonchev–Trinajstić information content (AvgIpc) is 2.87. The Morgan fingerprint density at radius 1 is 1.52 bits per heavy atom. The van der Waals surface area contributed by atoms with Crippen LogP contribution in [0.3, 0.4) is 0 Å². The van der Waals surface area contributed by atoms with Crippen molar-refractivity contribution in [3.8, 4) is 5.75 Å². The summed E-state index contributed by atoms with van der Waals surface area (Å²) >= 11 is 0. The largest absolute Gasteiger partial charge is 0.507 e. The van der Waals surface area contributed by atoms with Crippen molar-refractivity contribution in [1.29, 1.82) is 0 Å². The number of carbonyl (C=O) groups excluding carboxylic acids is 1. The summed E-state index contributed by atoms with van der Waals surface area (Å²) in [4.78, 5) is 21.7. The number of phenols is 1. The highest BCUT2D eigenvalue weighted by atomic mass is 16.6. The van der Waals surface area contributed by atoms with Crippen LogP contribution in [0.15, 0.2) is 35.6 Å². The van der Waals surface area contributed by atoms with Gasteiger partial charge in [0.1, 0.15) is 5.75 Å². The number of rotatable bonds is 4. The molecular formula is C12H11N5O4. The molecule has 1 aromatic heterocycles. The zero-order valence-electron chi connectivity index (χ0n) is 10.9. The minimum atomic E-state index is -0.594. The predicted molar refractivity (Wildman–Crippen MR) is 73.0 cm³/mol. The number of amides is 1. The highest BCUT2D eigenvalue weighted by Crippen LogP contribution is 2.21. The highest BCUT2D eigenvalue weighted by Gasteiger charge is 2.10. The van der Waals surface area contributed by atoms with Crippen LogP contribution in [-0.2, 0) is 7.05 Å². The van der Waals surface area contributed by atoms with E-state index in [2.05, 4.69) is 15.6 Å². The van der Waals surface area contributed by atoms with Crippen LogP contribution in [0, 0.1) is 10.1 Å². The average molecular weight is 289 g/mol. The van der Waals surface area contributed by atoms with Crippen molar-refractivity contribution in [2.24, 2.45) is 12.1 Å². The number of hydrogen-bond acceptors (Lipinski definition) is 6. The van der Waals surface area contributed by atoms with Gasteiger partial charge in [0, 0.05) is 30.9 Å². The van der Waals surface area contributed by atoms with Gasteiger partial charge in [-0.3, -0.25) is 19.6 Å². The van der Waals surface area contributed by atoms with Crippen molar-refractivity contribution < 1.29 is 14.8 Å². The summed E-state index contributed by atoms with van der Waals surface area (Å²) in [6.07, 6.45) is 2.72. The van der Waals surface area contributed by atoms with Gasteiger partial charge in [-0.15, -0.1) is 0 Å². The van der Waals surface area contributed by atoms with Gasteiger partial charge in [-0.1, -0.05) is 0 Å². The van der Waals surface area contributed by atoms with E-state index in [1.807, 2.05) is 0 Å². The maximum atomic E-state index is 11.6. The van der Waals surface area contributed by atoms with Crippen molar-refractivity contribution in [3.63, 3.8) is 0 Å². The van der Waals surface area contributed by atoms with Gasteiger partial charge in [0.05, 0.1) is 11.1 Å². The Balaban J connectivity index is 2.09. The van der Waals surface area contributed by atoms with Crippen LogP contribution in [-0.4, -0.2) is 31.9 Å². The molecule has 9 heteroatoms.